The summed E-state index contributed by atoms with van der Waals surface area (Å²) in [5.74, 6) is -0.508. The second-order valence-corrected chi connectivity index (χ2v) is 8.45. The molecular weight excluding hydrogens is 442 g/mol. The number of carbonyl (C=O) groups excluding carboxylic acids is 2. The first-order valence-corrected chi connectivity index (χ1v) is 11.6. The number of Topliss-reactive ketones (excluding diaryl/α,β-unsaturated/α-hetero) is 1. The van der Waals surface area contributed by atoms with Crippen molar-refractivity contribution in [1.29, 1.82) is 0 Å². The van der Waals surface area contributed by atoms with Gasteiger partial charge in [0.1, 0.15) is 17.3 Å². The molecule has 176 valence electrons. The van der Waals surface area contributed by atoms with E-state index in [0.29, 0.717) is 23.7 Å². The van der Waals surface area contributed by atoms with Crippen LogP contribution in [0.5, 0.6) is 5.75 Å². The lowest BCUT2D eigenvalue weighted by molar-refractivity contribution is -0.140. The number of rotatable bonds is 7. The quantitative estimate of drug-likeness (QED) is 0.210. The maximum Gasteiger partial charge on any atom is 0.296 e. The average molecular weight is 468 g/mol. The summed E-state index contributed by atoms with van der Waals surface area (Å²) >= 11 is 0. The molecule has 1 aliphatic heterocycles. The van der Waals surface area contributed by atoms with E-state index < -0.39 is 17.7 Å². The maximum absolute atomic E-state index is 13.4. The van der Waals surface area contributed by atoms with E-state index in [1.807, 2.05) is 49.4 Å². The van der Waals surface area contributed by atoms with E-state index in [1.54, 1.807) is 36.4 Å². The van der Waals surface area contributed by atoms with Crippen LogP contribution in [0.4, 0.5) is 0 Å². The number of likely N-dealkylation sites (tertiary alicyclic amines) is 1. The Morgan fingerprint density at radius 1 is 1.00 bits per heavy atom. The Hall–Kier alpha value is -4.32. The van der Waals surface area contributed by atoms with Crippen molar-refractivity contribution in [2.24, 2.45) is 0 Å². The van der Waals surface area contributed by atoms with Gasteiger partial charge in [0.05, 0.1) is 31.0 Å². The van der Waals surface area contributed by atoms with Gasteiger partial charge in [0.25, 0.3) is 11.7 Å². The van der Waals surface area contributed by atoms with E-state index in [2.05, 4.69) is 0 Å². The van der Waals surface area contributed by atoms with E-state index in [4.69, 9.17) is 9.15 Å². The number of amides is 1. The molecule has 1 saturated heterocycles. The van der Waals surface area contributed by atoms with Crippen molar-refractivity contribution in [2.45, 2.75) is 25.9 Å². The van der Waals surface area contributed by atoms with Crippen molar-refractivity contribution in [1.82, 2.24) is 4.90 Å². The lowest BCUT2D eigenvalue weighted by Gasteiger charge is -2.25. The number of aliphatic hydroxyl groups is 1. The van der Waals surface area contributed by atoms with Crippen LogP contribution in [0, 0.1) is 0 Å². The monoisotopic (exact) mass is 467 g/mol. The van der Waals surface area contributed by atoms with E-state index in [1.165, 1.54) is 11.2 Å². The van der Waals surface area contributed by atoms with Crippen LogP contribution < -0.4 is 4.74 Å². The highest BCUT2D eigenvalue weighted by atomic mass is 16.5. The Bertz CT molecular complexity index is 1410. The number of hydrogen-bond donors (Lipinski definition) is 1. The number of nitrogens with zero attached hydrogens (tertiary/aromatic N) is 1. The van der Waals surface area contributed by atoms with Crippen LogP contribution in [0.1, 0.15) is 36.3 Å². The predicted octanol–water partition coefficient (Wildman–Crippen LogP) is 5.84. The first-order chi connectivity index (χ1) is 17.1. The summed E-state index contributed by atoms with van der Waals surface area (Å²) in [7, 11) is 0. The molecule has 6 heteroatoms. The second-order valence-electron chi connectivity index (χ2n) is 8.45. The van der Waals surface area contributed by atoms with Gasteiger partial charge in [-0.3, -0.25) is 9.59 Å². The lowest BCUT2D eigenvalue weighted by atomic mass is 9.91. The molecule has 4 aromatic rings. The van der Waals surface area contributed by atoms with Crippen LogP contribution in [-0.2, 0) is 16.1 Å². The maximum atomic E-state index is 13.4. The van der Waals surface area contributed by atoms with Gasteiger partial charge in [-0.2, -0.15) is 0 Å². The van der Waals surface area contributed by atoms with Crippen molar-refractivity contribution < 1.29 is 23.8 Å². The number of furan rings is 1. The van der Waals surface area contributed by atoms with Gasteiger partial charge in [0, 0.05) is 5.56 Å². The molecule has 1 aromatic heterocycles. The van der Waals surface area contributed by atoms with Gasteiger partial charge in [-0.1, -0.05) is 61.5 Å². The number of hydrogen-bond acceptors (Lipinski definition) is 5. The second kappa shape index (κ2) is 9.50. The Balaban J connectivity index is 1.69. The first kappa shape index (κ1) is 22.5. The largest absolute Gasteiger partial charge is 0.507 e. The fourth-order valence-corrected chi connectivity index (χ4v) is 4.53. The SMILES string of the molecule is CCCOc1cccc(/C(O)=C2/C(=O)C(=O)N(Cc3ccco3)C2c2cccc3ccccc23)c1. The minimum atomic E-state index is -0.786. The third-order valence-electron chi connectivity index (χ3n) is 6.14. The van der Waals surface area contributed by atoms with Crippen molar-refractivity contribution >= 4 is 28.2 Å². The van der Waals surface area contributed by atoms with Gasteiger partial charge in [-0.05, 0) is 47.0 Å². The zero-order valence-electron chi connectivity index (χ0n) is 19.3. The third-order valence-corrected chi connectivity index (χ3v) is 6.14. The highest BCUT2D eigenvalue weighted by molar-refractivity contribution is 6.46. The average Bonchev–Trinajstić information content (AvgIpc) is 3.49. The number of ketones is 1. The van der Waals surface area contributed by atoms with Crippen LogP contribution in [-0.4, -0.2) is 28.3 Å². The molecule has 6 nitrogen and oxygen atoms in total. The summed E-state index contributed by atoms with van der Waals surface area (Å²) in [4.78, 5) is 28.1. The van der Waals surface area contributed by atoms with Gasteiger partial charge in [0.15, 0.2) is 0 Å². The highest BCUT2D eigenvalue weighted by Crippen LogP contribution is 2.42. The van der Waals surface area contributed by atoms with Crippen molar-refractivity contribution in [3.05, 3.63) is 108 Å². The Labute approximate surface area is 203 Å². The Kier molecular flexibility index (Phi) is 6.10. The predicted molar refractivity (Wildman–Crippen MR) is 133 cm³/mol. The van der Waals surface area contributed by atoms with Crippen LogP contribution in [0.2, 0.25) is 0 Å². The first-order valence-electron chi connectivity index (χ1n) is 11.6. The topological polar surface area (TPSA) is 80.0 Å². The number of ether oxygens (including phenoxy) is 1. The van der Waals surface area contributed by atoms with Gasteiger partial charge < -0.3 is 19.2 Å². The van der Waals surface area contributed by atoms with E-state index >= 15 is 0 Å². The van der Waals surface area contributed by atoms with Crippen molar-refractivity contribution in [3.63, 3.8) is 0 Å². The summed E-state index contributed by atoms with van der Waals surface area (Å²) in [6, 6.07) is 23.2. The van der Waals surface area contributed by atoms with Gasteiger partial charge in [-0.25, -0.2) is 0 Å². The fourth-order valence-electron chi connectivity index (χ4n) is 4.53. The normalized spacial score (nSPS) is 17.3. The van der Waals surface area contributed by atoms with E-state index in [-0.39, 0.29) is 17.9 Å². The van der Waals surface area contributed by atoms with Crippen LogP contribution in [0.3, 0.4) is 0 Å². The molecule has 1 N–H and O–H groups in total. The zero-order chi connectivity index (χ0) is 24.4. The highest BCUT2D eigenvalue weighted by Gasteiger charge is 2.46. The molecule has 0 saturated carbocycles. The minimum Gasteiger partial charge on any atom is -0.507 e. The van der Waals surface area contributed by atoms with Gasteiger partial charge in [0.2, 0.25) is 0 Å². The Morgan fingerprint density at radius 3 is 2.60 bits per heavy atom. The summed E-state index contributed by atoms with van der Waals surface area (Å²) in [5, 5.41) is 13.3. The standard InChI is InChI=1S/C29H25NO5/c1-2-15-34-21-11-5-10-20(17-21)27(31)25-26(24-14-6-9-19-8-3-4-13-23(19)24)30(29(33)28(25)32)18-22-12-7-16-35-22/h3-14,16-17,26,31H,2,15,18H2,1H3/b27-25-. The Morgan fingerprint density at radius 2 is 1.80 bits per heavy atom. The van der Waals surface area contributed by atoms with Gasteiger partial charge >= 0.3 is 0 Å². The molecule has 0 aliphatic carbocycles. The molecule has 1 amide bonds. The van der Waals surface area contributed by atoms with Crippen LogP contribution in [0.15, 0.2) is 95.1 Å². The summed E-state index contributed by atoms with van der Waals surface area (Å²) in [5.41, 5.74) is 1.22. The number of aliphatic hydroxyl groups excluding tert-OH is 1. The molecule has 1 aliphatic rings. The summed E-state index contributed by atoms with van der Waals surface area (Å²) < 4.78 is 11.2. The molecule has 0 radical (unpaired) electrons. The number of carbonyl (C=O) groups is 2. The van der Waals surface area contributed by atoms with E-state index in [9.17, 15) is 14.7 Å². The zero-order valence-corrected chi connectivity index (χ0v) is 19.3. The molecule has 0 bridgehead atoms. The summed E-state index contributed by atoms with van der Waals surface area (Å²) in [6.07, 6.45) is 2.37. The van der Waals surface area contributed by atoms with Crippen LogP contribution in [0.25, 0.3) is 16.5 Å². The smallest absolute Gasteiger partial charge is 0.296 e. The van der Waals surface area contributed by atoms with Crippen LogP contribution >= 0.6 is 0 Å². The van der Waals surface area contributed by atoms with Crippen molar-refractivity contribution in [3.8, 4) is 5.75 Å². The molecule has 1 fully saturated rings. The van der Waals surface area contributed by atoms with Crippen molar-refractivity contribution in [2.75, 3.05) is 6.61 Å². The lowest BCUT2D eigenvalue weighted by Crippen LogP contribution is -2.29. The number of fused-ring (bicyclic) bond motifs is 1. The summed E-state index contributed by atoms with van der Waals surface area (Å²) in [6.45, 7) is 2.64. The number of benzene rings is 3. The molecule has 1 atom stereocenters. The van der Waals surface area contributed by atoms with E-state index in [0.717, 1.165) is 22.8 Å². The minimum absolute atomic E-state index is 0.0468. The molecule has 2 heterocycles. The molecule has 3 aromatic carbocycles. The van der Waals surface area contributed by atoms with Gasteiger partial charge in [-0.15, -0.1) is 0 Å². The molecule has 0 spiro atoms. The fraction of sp³-hybridized carbons (Fsp3) is 0.172. The molecule has 35 heavy (non-hydrogen) atoms. The molecular formula is C29H25NO5. The molecule has 1 unspecified atom stereocenters. The molecule has 5 rings (SSSR count). The third kappa shape index (κ3) is 4.19.